The summed E-state index contributed by atoms with van der Waals surface area (Å²) in [6, 6.07) is 12.8. The number of benzene rings is 2. The van der Waals surface area contributed by atoms with E-state index in [0.29, 0.717) is 29.2 Å². The summed E-state index contributed by atoms with van der Waals surface area (Å²) in [7, 11) is 0. The van der Waals surface area contributed by atoms with E-state index in [9.17, 15) is 9.59 Å². The highest BCUT2D eigenvalue weighted by Gasteiger charge is 2.31. The highest BCUT2D eigenvalue weighted by atomic mass is 16.5. The molecule has 1 atom stereocenters. The molecular weight excluding hydrogens is 316 g/mol. The number of hydrogen-bond acceptors (Lipinski definition) is 3. The van der Waals surface area contributed by atoms with E-state index in [4.69, 9.17) is 4.74 Å². The fourth-order valence-corrected chi connectivity index (χ4v) is 2.93. The van der Waals surface area contributed by atoms with E-state index in [2.05, 4.69) is 5.32 Å². The Morgan fingerprint density at radius 2 is 2.04 bits per heavy atom. The van der Waals surface area contributed by atoms with Crippen LogP contribution >= 0.6 is 0 Å². The predicted molar refractivity (Wildman–Crippen MR) is 98.3 cm³/mol. The molecule has 5 nitrogen and oxygen atoms in total. The zero-order valence-electron chi connectivity index (χ0n) is 14.7. The van der Waals surface area contributed by atoms with Crippen LogP contribution in [0.1, 0.15) is 36.2 Å². The third kappa shape index (κ3) is 3.50. The fourth-order valence-electron chi connectivity index (χ4n) is 2.93. The van der Waals surface area contributed by atoms with Gasteiger partial charge < -0.3 is 15.0 Å². The summed E-state index contributed by atoms with van der Waals surface area (Å²) in [5.74, 6) is 0.424. The van der Waals surface area contributed by atoms with E-state index in [1.54, 1.807) is 36.1 Å². The minimum absolute atomic E-state index is 0.0588. The van der Waals surface area contributed by atoms with E-state index in [-0.39, 0.29) is 11.8 Å². The number of amides is 2. The van der Waals surface area contributed by atoms with Gasteiger partial charge in [0, 0.05) is 17.8 Å². The molecule has 25 heavy (non-hydrogen) atoms. The van der Waals surface area contributed by atoms with Crippen LogP contribution in [0, 0.1) is 6.92 Å². The maximum Gasteiger partial charge on any atom is 0.267 e. The lowest BCUT2D eigenvalue weighted by atomic mass is 10.1. The van der Waals surface area contributed by atoms with Gasteiger partial charge >= 0.3 is 0 Å². The molecule has 1 unspecified atom stereocenters. The second kappa shape index (κ2) is 6.97. The average Bonchev–Trinajstić information content (AvgIpc) is 2.59. The number of fused-ring (bicyclic) bond motifs is 1. The molecule has 130 valence electrons. The molecule has 2 aromatic rings. The summed E-state index contributed by atoms with van der Waals surface area (Å²) < 4.78 is 5.68. The van der Waals surface area contributed by atoms with E-state index < -0.39 is 6.10 Å². The Hall–Kier alpha value is -2.82. The van der Waals surface area contributed by atoms with Gasteiger partial charge in [0.15, 0.2) is 6.10 Å². The summed E-state index contributed by atoms with van der Waals surface area (Å²) in [6.07, 6.45) is 0.351. The lowest BCUT2D eigenvalue weighted by molar-refractivity contribution is -0.125. The van der Waals surface area contributed by atoms with Crippen LogP contribution in [0.3, 0.4) is 0 Å². The Morgan fingerprint density at radius 1 is 1.24 bits per heavy atom. The third-order valence-corrected chi connectivity index (χ3v) is 4.15. The standard InChI is InChI=1S/C20H22N2O3/c1-4-10-22-17-12-16(8-9-18(17)25-14(3)20(22)24)21-19(23)15-7-5-6-13(2)11-15/h5-9,11-12,14H,4,10H2,1-3H3,(H,21,23). The Bertz CT molecular complexity index is 816. The average molecular weight is 338 g/mol. The first-order chi connectivity index (χ1) is 12.0. The quantitative estimate of drug-likeness (QED) is 0.923. The molecule has 0 radical (unpaired) electrons. The summed E-state index contributed by atoms with van der Waals surface area (Å²) in [6.45, 7) is 6.34. The molecule has 0 aliphatic carbocycles. The minimum atomic E-state index is -0.494. The van der Waals surface area contributed by atoms with Gasteiger partial charge in [-0.3, -0.25) is 9.59 Å². The molecular formula is C20H22N2O3. The van der Waals surface area contributed by atoms with Gasteiger partial charge in [-0.1, -0.05) is 24.6 Å². The molecule has 0 aromatic heterocycles. The Balaban J connectivity index is 1.87. The van der Waals surface area contributed by atoms with Crippen molar-refractivity contribution in [2.45, 2.75) is 33.3 Å². The van der Waals surface area contributed by atoms with Crippen molar-refractivity contribution in [1.29, 1.82) is 0 Å². The highest BCUT2D eigenvalue weighted by molar-refractivity contribution is 6.05. The number of carbonyl (C=O) groups excluding carboxylic acids is 2. The normalized spacial score (nSPS) is 16.2. The van der Waals surface area contributed by atoms with Crippen LogP contribution in [-0.2, 0) is 4.79 Å². The molecule has 0 saturated carbocycles. The smallest absolute Gasteiger partial charge is 0.267 e. The zero-order chi connectivity index (χ0) is 18.0. The maximum absolute atomic E-state index is 12.4. The van der Waals surface area contributed by atoms with Gasteiger partial charge in [-0.25, -0.2) is 0 Å². The number of anilines is 2. The van der Waals surface area contributed by atoms with Gasteiger partial charge in [0.1, 0.15) is 5.75 Å². The van der Waals surface area contributed by atoms with Crippen molar-refractivity contribution in [3.8, 4) is 5.75 Å². The first kappa shape index (κ1) is 17.0. The van der Waals surface area contributed by atoms with Gasteiger partial charge in [0.2, 0.25) is 0 Å². The topological polar surface area (TPSA) is 58.6 Å². The molecule has 0 spiro atoms. The van der Waals surface area contributed by atoms with Crippen LogP contribution in [0.25, 0.3) is 0 Å². The lowest BCUT2D eigenvalue weighted by Gasteiger charge is -2.33. The van der Waals surface area contributed by atoms with Crippen molar-refractivity contribution >= 4 is 23.2 Å². The van der Waals surface area contributed by atoms with Crippen molar-refractivity contribution < 1.29 is 14.3 Å². The summed E-state index contributed by atoms with van der Waals surface area (Å²) in [5.41, 5.74) is 2.97. The Labute approximate surface area is 147 Å². The molecule has 0 bridgehead atoms. The summed E-state index contributed by atoms with van der Waals surface area (Å²) in [5, 5.41) is 2.89. The second-order valence-electron chi connectivity index (χ2n) is 6.26. The van der Waals surface area contributed by atoms with Crippen LogP contribution in [0.5, 0.6) is 5.75 Å². The van der Waals surface area contributed by atoms with Gasteiger partial charge in [0.25, 0.3) is 11.8 Å². The van der Waals surface area contributed by atoms with E-state index in [1.165, 1.54) is 0 Å². The first-order valence-electron chi connectivity index (χ1n) is 8.49. The van der Waals surface area contributed by atoms with Crippen molar-refractivity contribution in [3.05, 3.63) is 53.6 Å². The molecule has 5 heteroatoms. The number of ether oxygens (including phenoxy) is 1. The molecule has 1 N–H and O–H groups in total. The van der Waals surface area contributed by atoms with Crippen LogP contribution in [0.4, 0.5) is 11.4 Å². The number of hydrogen-bond donors (Lipinski definition) is 1. The van der Waals surface area contributed by atoms with Gasteiger partial charge in [-0.15, -0.1) is 0 Å². The number of nitrogens with zero attached hydrogens (tertiary/aromatic N) is 1. The summed E-state index contributed by atoms with van der Waals surface area (Å²) >= 11 is 0. The Kier molecular flexibility index (Phi) is 4.74. The Morgan fingerprint density at radius 3 is 2.76 bits per heavy atom. The predicted octanol–water partition coefficient (Wildman–Crippen LogP) is 3.77. The number of carbonyl (C=O) groups is 2. The van der Waals surface area contributed by atoms with E-state index in [1.807, 2.05) is 32.0 Å². The molecule has 1 aliphatic rings. The monoisotopic (exact) mass is 338 g/mol. The number of nitrogens with one attached hydrogen (secondary N) is 1. The molecule has 1 heterocycles. The van der Waals surface area contributed by atoms with Crippen LogP contribution in [0.2, 0.25) is 0 Å². The zero-order valence-corrected chi connectivity index (χ0v) is 14.7. The SMILES string of the molecule is CCCN1C(=O)C(C)Oc2ccc(NC(=O)c3cccc(C)c3)cc21. The number of aryl methyl sites for hydroxylation is 1. The number of rotatable bonds is 4. The fraction of sp³-hybridized carbons (Fsp3) is 0.300. The summed E-state index contributed by atoms with van der Waals surface area (Å²) in [4.78, 5) is 26.5. The third-order valence-electron chi connectivity index (χ3n) is 4.15. The molecule has 3 rings (SSSR count). The van der Waals surface area contributed by atoms with Gasteiger partial charge in [-0.2, -0.15) is 0 Å². The van der Waals surface area contributed by atoms with Crippen LogP contribution in [-0.4, -0.2) is 24.5 Å². The van der Waals surface area contributed by atoms with E-state index in [0.717, 1.165) is 12.0 Å². The molecule has 0 fully saturated rings. The minimum Gasteiger partial charge on any atom is -0.479 e. The second-order valence-corrected chi connectivity index (χ2v) is 6.26. The lowest BCUT2D eigenvalue weighted by Crippen LogP contribution is -2.44. The van der Waals surface area contributed by atoms with Crippen molar-refractivity contribution in [2.24, 2.45) is 0 Å². The van der Waals surface area contributed by atoms with Gasteiger partial charge in [0.05, 0.1) is 5.69 Å². The molecule has 1 aliphatic heterocycles. The largest absolute Gasteiger partial charge is 0.479 e. The van der Waals surface area contributed by atoms with Crippen molar-refractivity contribution in [3.63, 3.8) is 0 Å². The van der Waals surface area contributed by atoms with Crippen molar-refractivity contribution in [2.75, 3.05) is 16.8 Å². The molecule has 2 amide bonds. The van der Waals surface area contributed by atoms with E-state index >= 15 is 0 Å². The van der Waals surface area contributed by atoms with Crippen LogP contribution in [0.15, 0.2) is 42.5 Å². The maximum atomic E-state index is 12.4. The van der Waals surface area contributed by atoms with Crippen molar-refractivity contribution in [1.82, 2.24) is 0 Å². The van der Waals surface area contributed by atoms with Gasteiger partial charge in [-0.05, 0) is 50.6 Å². The van der Waals surface area contributed by atoms with Crippen LogP contribution < -0.4 is 15.0 Å². The molecule has 0 saturated heterocycles. The highest BCUT2D eigenvalue weighted by Crippen LogP contribution is 2.36. The molecule has 2 aromatic carbocycles. The first-order valence-corrected chi connectivity index (χ1v) is 8.49.